The van der Waals surface area contributed by atoms with Crippen molar-refractivity contribution in [3.63, 3.8) is 0 Å². The largest absolute Gasteiger partial charge is 0.355 e. The third-order valence-corrected chi connectivity index (χ3v) is 4.40. The van der Waals surface area contributed by atoms with Gasteiger partial charge in [-0.25, -0.2) is 0 Å². The molecule has 3 aromatic rings. The van der Waals surface area contributed by atoms with Crippen molar-refractivity contribution in [1.82, 2.24) is 0 Å². The Morgan fingerprint density at radius 2 is 1.71 bits per heavy atom. The molecule has 3 rings (SSSR count). The van der Waals surface area contributed by atoms with E-state index in [0.717, 1.165) is 33.0 Å². The molecule has 0 spiro atoms. The normalized spacial score (nSPS) is 10.3. The minimum atomic E-state index is 0.757. The lowest BCUT2D eigenvalue weighted by Gasteiger charge is -2.09. The van der Waals surface area contributed by atoms with Crippen molar-refractivity contribution in [2.75, 3.05) is 5.32 Å². The summed E-state index contributed by atoms with van der Waals surface area (Å²) in [5.74, 6) is 0. The lowest BCUT2D eigenvalue weighted by molar-refractivity contribution is 0.112. The Morgan fingerprint density at radius 3 is 2.38 bits per heavy atom. The summed E-state index contributed by atoms with van der Waals surface area (Å²) in [6.45, 7) is 2.09. The molecular formula is C18H15NOS. The maximum Gasteiger partial charge on any atom is 0.160 e. The van der Waals surface area contributed by atoms with Gasteiger partial charge in [-0.3, -0.25) is 4.79 Å². The second-order valence-electron chi connectivity index (χ2n) is 4.84. The number of carbonyl (C=O) groups is 1. The summed E-state index contributed by atoms with van der Waals surface area (Å²) in [7, 11) is 0. The van der Waals surface area contributed by atoms with Gasteiger partial charge in [0.2, 0.25) is 0 Å². The third-order valence-electron chi connectivity index (χ3n) is 3.34. The second-order valence-corrected chi connectivity index (χ2v) is 5.95. The Hall–Kier alpha value is -2.39. The average molecular weight is 293 g/mol. The van der Waals surface area contributed by atoms with Crippen LogP contribution in [0.15, 0.2) is 60.7 Å². The smallest absolute Gasteiger partial charge is 0.160 e. The highest BCUT2D eigenvalue weighted by Crippen LogP contribution is 2.29. The Bertz CT molecular complexity index is 759. The Kier molecular flexibility index (Phi) is 3.84. The number of anilines is 2. The monoisotopic (exact) mass is 293 g/mol. The first-order valence-corrected chi connectivity index (χ1v) is 7.56. The van der Waals surface area contributed by atoms with Crippen LogP contribution in [0, 0.1) is 6.92 Å². The molecule has 1 heterocycles. The molecule has 0 saturated heterocycles. The Balaban J connectivity index is 1.81. The first-order chi connectivity index (χ1) is 10.3. The Labute approximate surface area is 128 Å². The summed E-state index contributed by atoms with van der Waals surface area (Å²) < 4.78 is 0. The van der Waals surface area contributed by atoms with E-state index >= 15 is 0 Å². The molecule has 0 unspecified atom stereocenters. The van der Waals surface area contributed by atoms with Gasteiger partial charge in [0.05, 0.1) is 4.88 Å². The molecule has 0 saturated carbocycles. The molecule has 0 aliphatic carbocycles. The van der Waals surface area contributed by atoms with Crippen molar-refractivity contribution < 1.29 is 4.79 Å². The lowest BCUT2D eigenvalue weighted by Crippen LogP contribution is -1.92. The Morgan fingerprint density at radius 1 is 0.952 bits per heavy atom. The molecule has 21 heavy (non-hydrogen) atoms. The van der Waals surface area contributed by atoms with Crippen LogP contribution >= 0.6 is 11.3 Å². The number of aldehydes is 1. The highest BCUT2D eigenvalue weighted by Gasteiger charge is 2.03. The molecule has 0 bridgehead atoms. The van der Waals surface area contributed by atoms with Gasteiger partial charge in [0.15, 0.2) is 6.29 Å². The van der Waals surface area contributed by atoms with E-state index in [2.05, 4.69) is 48.6 Å². The van der Waals surface area contributed by atoms with Gasteiger partial charge in [-0.1, -0.05) is 30.3 Å². The number of para-hydroxylation sites is 1. The highest BCUT2D eigenvalue weighted by molar-refractivity contribution is 7.17. The summed E-state index contributed by atoms with van der Waals surface area (Å²) in [6.07, 6.45) is 0.891. The van der Waals surface area contributed by atoms with Crippen LogP contribution in [-0.2, 0) is 0 Å². The van der Waals surface area contributed by atoms with Crippen LogP contribution < -0.4 is 5.32 Å². The number of hydrogen-bond donors (Lipinski definition) is 1. The summed E-state index contributed by atoms with van der Waals surface area (Å²) >= 11 is 1.51. The van der Waals surface area contributed by atoms with Crippen molar-refractivity contribution in [1.29, 1.82) is 0 Å². The quantitative estimate of drug-likeness (QED) is 0.663. The first kappa shape index (κ1) is 13.6. The van der Waals surface area contributed by atoms with Crippen LogP contribution in [0.4, 0.5) is 11.4 Å². The molecule has 0 fully saturated rings. The van der Waals surface area contributed by atoms with E-state index in [9.17, 15) is 4.79 Å². The minimum Gasteiger partial charge on any atom is -0.355 e. The molecule has 0 atom stereocenters. The molecular weight excluding hydrogens is 278 g/mol. The van der Waals surface area contributed by atoms with Crippen LogP contribution in [0.5, 0.6) is 0 Å². The maximum absolute atomic E-state index is 10.7. The van der Waals surface area contributed by atoms with E-state index in [1.807, 2.05) is 24.3 Å². The van der Waals surface area contributed by atoms with E-state index in [1.54, 1.807) is 0 Å². The topological polar surface area (TPSA) is 29.1 Å². The molecule has 2 nitrogen and oxygen atoms in total. The van der Waals surface area contributed by atoms with Gasteiger partial charge < -0.3 is 5.32 Å². The van der Waals surface area contributed by atoms with Crippen LogP contribution in [0.2, 0.25) is 0 Å². The average Bonchev–Trinajstić information content (AvgIpc) is 2.99. The molecule has 0 radical (unpaired) electrons. The van der Waals surface area contributed by atoms with Crippen LogP contribution in [0.1, 0.15) is 15.2 Å². The van der Waals surface area contributed by atoms with E-state index in [0.29, 0.717) is 0 Å². The van der Waals surface area contributed by atoms with Crippen LogP contribution in [0.25, 0.3) is 10.4 Å². The maximum atomic E-state index is 10.7. The van der Waals surface area contributed by atoms with Crippen molar-refractivity contribution in [2.24, 2.45) is 0 Å². The van der Waals surface area contributed by atoms with E-state index < -0.39 is 0 Å². The van der Waals surface area contributed by atoms with Gasteiger partial charge in [0, 0.05) is 16.3 Å². The SMILES string of the molecule is Cc1ccccc1Nc1ccc(-c2ccc(C=O)s2)cc1. The second kappa shape index (κ2) is 5.94. The van der Waals surface area contributed by atoms with Gasteiger partial charge in [-0.2, -0.15) is 0 Å². The summed E-state index contributed by atoms with van der Waals surface area (Å²) in [6, 6.07) is 20.3. The molecule has 2 aromatic carbocycles. The van der Waals surface area contributed by atoms with Crippen molar-refractivity contribution in [2.45, 2.75) is 6.92 Å². The van der Waals surface area contributed by atoms with E-state index in [1.165, 1.54) is 16.9 Å². The fourth-order valence-corrected chi connectivity index (χ4v) is 2.99. The van der Waals surface area contributed by atoms with Crippen molar-refractivity contribution in [3.05, 3.63) is 71.1 Å². The van der Waals surface area contributed by atoms with Gasteiger partial charge in [-0.05, 0) is 48.4 Å². The zero-order chi connectivity index (χ0) is 14.7. The number of benzene rings is 2. The number of hydrogen-bond acceptors (Lipinski definition) is 3. The predicted molar refractivity (Wildman–Crippen MR) is 89.6 cm³/mol. The number of nitrogens with one attached hydrogen (secondary N) is 1. The van der Waals surface area contributed by atoms with Gasteiger partial charge in [0.1, 0.15) is 0 Å². The molecule has 104 valence electrons. The standard InChI is InChI=1S/C18H15NOS/c1-13-4-2-3-5-17(13)19-15-8-6-14(7-9-15)18-11-10-16(12-20)21-18/h2-12,19H,1H3. The fraction of sp³-hybridized carbons (Fsp3) is 0.0556. The van der Waals surface area contributed by atoms with Crippen molar-refractivity contribution >= 4 is 29.0 Å². The summed E-state index contributed by atoms with van der Waals surface area (Å²) in [4.78, 5) is 12.6. The van der Waals surface area contributed by atoms with Gasteiger partial charge in [0.25, 0.3) is 0 Å². The lowest BCUT2D eigenvalue weighted by atomic mass is 10.1. The number of carbonyl (C=O) groups excluding carboxylic acids is 1. The number of thiophene rings is 1. The fourth-order valence-electron chi connectivity index (χ4n) is 2.16. The van der Waals surface area contributed by atoms with Gasteiger partial charge >= 0.3 is 0 Å². The van der Waals surface area contributed by atoms with Crippen molar-refractivity contribution in [3.8, 4) is 10.4 Å². The minimum absolute atomic E-state index is 0.757. The molecule has 3 heteroatoms. The zero-order valence-electron chi connectivity index (χ0n) is 11.7. The number of rotatable bonds is 4. The van der Waals surface area contributed by atoms with Gasteiger partial charge in [-0.15, -0.1) is 11.3 Å². The molecule has 0 aliphatic rings. The van der Waals surface area contributed by atoms with E-state index in [-0.39, 0.29) is 0 Å². The number of aryl methyl sites for hydroxylation is 1. The molecule has 1 aromatic heterocycles. The predicted octanol–water partition coefficient (Wildman–Crippen LogP) is 5.28. The molecule has 0 amide bonds. The van der Waals surface area contributed by atoms with Crippen LogP contribution in [-0.4, -0.2) is 6.29 Å². The summed E-state index contributed by atoms with van der Waals surface area (Å²) in [5.41, 5.74) is 4.52. The highest BCUT2D eigenvalue weighted by atomic mass is 32.1. The van der Waals surface area contributed by atoms with E-state index in [4.69, 9.17) is 0 Å². The van der Waals surface area contributed by atoms with Crippen LogP contribution in [0.3, 0.4) is 0 Å². The third kappa shape index (κ3) is 3.03. The first-order valence-electron chi connectivity index (χ1n) is 6.74. The zero-order valence-corrected chi connectivity index (χ0v) is 12.5. The molecule has 0 aliphatic heterocycles. The molecule has 1 N–H and O–H groups in total. The summed E-state index contributed by atoms with van der Waals surface area (Å²) in [5, 5.41) is 3.41.